The topological polar surface area (TPSA) is 50.7 Å². The smallest absolute Gasteiger partial charge is 0.148 e. The van der Waals surface area contributed by atoms with Gasteiger partial charge in [-0.3, -0.25) is 0 Å². The number of rotatable bonds is 4. The van der Waals surface area contributed by atoms with Crippen LogP contribution < -0.4 is 5.32 Å². The van der Waals surface area contributed by atoms with Crippen molar-refractivity contribution in [1.29, 1.82) is 0 Å². The third kappa shape index (κ3) is 2.95. The fourth-order valence-electron chi connectivity index (χ4n) is 2.27. The summed E-state index contributed by atoms with van der Waals surface area (Å²) in [6, 6.07) is 8.04. The van der Waals surface area contributed by atoms with Gasteiger partial charge in [-0.05, 0) is 26.0 Å². The molecule has 5 heteroatoms. The monoisotopic (exact) mass is 312 g/mol. The summed E-state index contributed by atoms with van der Waals surface area (Å²) >= 11 is 1.72. The maximum Gasteiger partial charge on any atom is 0.148 e. The number of para-hydroxylation sites is 2. The van der Waals surface area contributed by atoms with E-state index in [2.05, 4.69) is 41.4 Å². The predicted octanol–water partition coefficient (Wildman–Crippen LogP) is 4.69. The van der Waals surface area contributed by atoms with Crippen molar-refractivity contribution in [2.45, 2.75) is 39.7 Å². The molecular formula is C17H20N4S. The number of fused-ring (bicyclic) bond motifs is 1. The number of hydrogen-bond donors (Lipinski definition) is 1. The highest BCUT2D eigenvalue weighted by molar-refractivity contribution is 7.09. The van der Waals surface area contributed by atoms with Crippen LogP contribution in [-0.2, 0) is 0 Å². The van der Waals surface area contributed by atoms with Crippen LogP contribution in [0.1, 0.15) is 49.1 Å². The fourth-order valence-corrected chi connectivity index (χ4v) is 3.20. The molecule has 1 N–H and O–H groups in total. The van der Waals surface area contributed by atoms with Crippen LogP contribution in [0, 0.1) is 6.92 Å². The number of anilines is 1. The summed E-state index contributed by atoms with van der Waals surface area (Å²) in [6.07, 6.45) is 0. The minimum Gasteiger partial charge on any atom is -0.360 e. The lowest BCUT2D eigenvalue weighted by Crippen LogP contribution is -2.10. The first-order valence-corrected chi connectivity index (χ1v) is 8.38. The van der Waals surface area contributed by atoms with E-state index in [4.69, 9.17) is 4.98 Å². The van der Waals surface area contributed by atoms with Crippen molar-refractivity contribution in [2.24, 2.45) is 0 Å². The third-order valence-corrected chi connectivity index (χ3v) is 4.74. The first-order valence-electron chi connectivity index (χ1n) is 7.50. The minimum atomic E-state index is 0.109. The molecule has 1 aromatic carbocycles. The molecule has 3 rings (SSSR count). The normalized spacial score (nSPS) is 12.8. The number of nitrogens with one attached hydrogen (secondary N) is 1. The van der Waals surface area contributed by atoms with Gasteiger partial charge in [-0.2, -0.15) is 0 Å². The second kappa shape index (κ2) is 6.01. The number of benzene rings is 1. The maximum atomic E-state index is 4.71. The van der Waals surface area contributed by atoms with Gasteiger partial charge in [0.25, 0.3) is 0 Å². The van der Waals surface area contributed by atoms with E-state index in [1.54, 1.807) is 11.3 Å². The molecular weight excluding hydrogens is 292 g/mol. The Morgan fingerprint density at radius 2 is 1.68 bits per heavy atom. The van der Waals surface area contributed by atoms with Crippen molar-refractivity contribution in [1.82, 2.24) is 15.0 Å². The van der Waals surface area contributed by atoms with E-state index in [1.807, 2.05) is 31.2 Å². The molecule has 22 heavy (non-hydrogen) atoms. The summed E-state index contributed by atoms with van der Waals surface area (Å²) in [4.78, 5) is 14.0. The highest BCUT2D eigenvalue weighted by Crippen LogP contribution is 2.26. The molecule has 0 aliphatic rings. The molecule has 0 aliphatic heterocycles. The Bertz CT molecular complexity index is 794. The second-order valence-corrected chi connectivity index (χ2v) is 6.67. The molecule has 1 atom stereocenters. The van der Waals surface area contributed by atoms with Crippen molar-refractivity contribution < 1.29 is 0 Å². The minimum absolute atomic E-state index is 0.109. The maximum absolute atomic E-state index is 4.71. The number of aryl methyl sites for hydroxylation is 1. The Morgan fingerprint density at radius 3 is 2.32 bits per heavy atom. The van der Waals surface area contributed by atoms with E-state index in [0.717, 1.165) is 28.2 Å². The van der Waals surface area contributed by atoms with Crippen LogP contribution in [0.2, 0.25) is 0 Å². The predicted molar refractivity (Wildman–Crippen MR) is 92.5 cm³/mol. The van der Waals surface area contributed by atoms with E-state index < -0.39 is 0 Å². The summed E-state index contributed by atoms with van der Waals surface area (Å²) < 4.78 is 0. The molecule has 1 unspecified atom stereocenters. The van der Waals surface area contributed by atoms with Crippen molar-refractivity contribution in [2.75, 3.05) is 5.32 Å². The Hall–Kier alpha value is -2.01. The van der Waals surface area contributed by atoms with Gasteiger partial charge in [0.15, 0.2) is 0 Å². The first-order chi connectivity index (χ1) is 10.5. The van der Waals surface area contributed by atoms with Crippen LogP contribution in [0.15, 0.2) is 29.6 Å². The van der Waals surface area contributed by atoms with Crippen molar-refractivity contribution >= 4 is 28.2 Å². The second-order valence-electron chi connectivity index (χ2n) is 5.78. The summed E-state index contributed by atoms with van der Waals surface area (Å²) in [5.74, 6) is 1.29. The SMILES string of the molecule is Cc1nc2ccccc2nc1NC(C)c1csc(C(C)C)n1. The van der Waals surface area contributed by atoms with Gasteiger partial charge in [-0.15, -0.1) is 11.3 Å². The standard InChI is InChI=1S/C17H20N4S/c1-10(2)17-21-15(9-22-17)11(3)19-16-12(4)18-13-7-5-6-8-14(13)20-16/h5-11H,1-4H3,(H,19,20). The fraction of sp³-hybridized carbons (Fsp3) is 0.353. The van der Waals surface area contributed by atoms with Gasteiger partial charge in [-0.1, -0.05) is 26.0 Å². The summed E-state index contributed by atoms with van der Waals surface area (Å²) in [5.41, 5.74) is 3.80. The zero-order chi connectivity index (χ0) is 15.7. The molecule has 0 amide bonds. The highest BCUT2D eigenvalue weighted by Gasteiger charge is 2.14. The van der Waals surface area contributed by atoms with Gasteiger partial charge >= 0.3 is 0 Å². The van der Waals surface area contributed by atoms with Crippen LogP contribution in [0.4, 0.5) is 5.82 Å². The van der Waals surface area contributed by atoms with Gasteiger partial charge in [0.2, 0.25) is 0 Å². The van der Waals surface area contributed by atoms with E-state index in [9.17, 15) is 0 Å². The largest absolute Gasteiger partial charge is 0.360 e. The Morgan fingerprint density at radius 1 is 1.00 bits per heavy atom. The van der Waals surface area contributed by atoms with Gasteiger partial charge < -0.3 is 5.32 Å². The Labute approximate surface area is 134 Å². The van der Waals surface area contributed by atoms with E-state index in [0.29, 0.717) is 5.92 Å². The number of thiazole rings is 1. The van der Waals surface area contributed by atoms with E-state index in [1.165, 1.54) is 5.01 Å². The lowest BCUT2D eigenvalue weighted by Gasteiger charge is -2.14. The highest BCUT2D eigenvalue weighted by atomic mass is 32.1. The van der Waals surface area contributed by atoms with Crippen LogP contribution in [0.5, 0.6) is 0 Å². The molecule has 0 fully saturated rings. The average Bonchev–Trinajstić information content (AvgIpc) is 2.98. The molecule has 2 aromatic heterocycles. The van der Waals surface area contributed by atoms with Crippen molar-refractivity contribution in [3.05, 3.63) is 46.0 Å². The Kier molecular flexibility index (Phi) is 4.07. The summed E-state index contributed by atoms with van der Waals surface area (Å²) in [5, 5.41) is 6.73. The molecule has 4 nitrogen and oxygen atoms in total. The van der Waals surface area contributed by atoms with E-state index >= 15 is 0 Å². The number of hydrogen-bond acceptors (Lipinski definition) is 5. The third-order valence-electron chi connectivity index (χ3n) is 3.58. The molecule has 0 aliphatic carbocycles. The van der Waals surface area contributed by atoms with Gasteiger partial charge in [0.1, 0.15) is 5.82 Å². The summed E-state index contributed by atoms with van der Waals surface area (Å²) in [7, 11) is 0. The first kappa shape index (κ1) is 14.9. The van der Waals surface area contributed by atoms with Crippen LogP contribution in [0.3, 0.4) is 0 Å². The number of nitrogens with zero attached hydrogens (tertiary/aromatic N) is 3. The molecule has 0 saturated heterocycles. The molecule has 0 spiro atoms. The average molecular weight is 312 g/mol. The van der Waals surface area contributed by atoms with Gasteiger partial charge in [0.05, 0.1) is 33.5 Å². The molecule has 0 saturated carbocycles. The molecule has 2 heterocycles. The zero-order valence-electron chi connectivity index (χ0n) is 13.3. The van der Waals surface area contributed by atoms with Crippen LogP contribution >= 0.6 is 11.3 Å². The quantitative estimate of drug-likeness (QED) is 0.759. The molecule has 0 radical (unpaired) electrons. The van der Waals surface area contributed by atoms with E-state index in [-0.39, 0.29) is 6.04 Å². The van der Waals surface area contributed by atoms with Gasteiger partial charge in [0, 0.05) is 11.3 Å². The lowest BCUT2D eigenvalue weighted by molar-refractivity contribution is 0.797. The number of aromatic nitrogens is 3. The van der Waals surface area contributed by atoms with Crippen LogP contribution in [-0.4, -0.2) is 15.0 Å². The zero-order valence-corrected chi connectivity index (χ0v) is 14.1. The van der Waals surface area contributed by atoms with Crippen molar-refractivity contribution in [3.63, 3.8) is 0 Å². The molecule has 0 bridgehead atoms. The van der Waals surface area contributed by atoms with Crippen LogP contribution in [0.25, 0.3) is 11.0 Å². The summed E-state index contributed by atoms with van der Waals surface area (Å²) in [6.45, 7) is 8.42. The van der Waals surface area contributed by atoms with Gasteiger partial charge in [-0.25, -0.2) is 15.0 Å². The lowest BCUT2D eigenvalue weighted by atomic mass is 10.2. The Balaban J connectivity index is 1.86. The van der Waals surface area contributed by atoms with Crippen molar-refractivity contribution in [3.8, 4) is 0 Å². The molecule has 114 valence electrons. The molecule has 3 aromatic rings.